The number of nitrogens with one attached hydrogen (secondary N) is 1. The van der Waals surface area contributed by atoms with Crippen LogP contribution >= 0.6 is 11.6 Å². The van der Waals surface area contributed by atoms with Gasteiger partial charge in [-0.3, -0.25) is 4.79 Å². The number of ether oxygens (including phenoxy) is 1. The van der Waals surface area contributed by atoms with Crippen molar-refractivity contribution in [2.24, 2.45) is 0 Å². The Kier molecular flexibility index (Phi) is 2.80. The van der Waals surface area contributed by atoms with Gasteiger partial charge in [0.15, 0.2) is 0 Å². The molecule has 1 N–H and O–H groups in total. The van der Waals surface area contributed by atoms with Gasteiger partial charge in [-0.1, -0.05) is 17.7 Å². The van der Waals surface area contributed by atoms with Gasteiger partial charge in [0, 0.05) is 36.6 Å². The Labute approximate surface area is 117 Å². The summed E-state index contributed by atoms with van der Waals surface area (Å²) in [5, 5.41) is 3.51. The molecule has 4 nitrogen and oxygen atoms in total. The van der Waals surface area contributed by atoms with Crippen LogP contribution in [-0.2, 0) is 15.1 Å². The maximum absolute atomic E-state index is 12.0. The fraction of sp³-hybridized carbons (Fsp3) is 0.357. The first-order valence-electron chi connectivity index (χ1n) is 6.13. The van der Waals surface area contributed by atoms with Gasteiger partial charge in [0.25, 0.3) is 0 Å². The van der Waals surface area contributed by atoms with Crippen molar-refractivity contribution >= 4 is 23.2 Å². The summed E-state index contributed by atoms with van der Waals surface area (Å²) in [6, 6.07) is 5.53. The fourth-order valence-electron chi connectivity index (χ4n) is 2.53. The van der Waals surface area contributed by atoms with Gasteiger partial charge in [-0.25, -0.2) is 0 Å². The largest absolute Gasteiger partial charge is 0.383 e. The van der Waals surface area contributed by atoms with Crippen molar-refractivity contribution in [3.63, 3.8) is 0 Å². The van der Waals surface area contributed by atoms with Gasteiger partial charge >= 0.3 is 0 Å². The van der Waals surface area contributed by atoms with Gasteiger partial charge in [0.1, 0.15) is 5.60 Å². The first kappa shape index (κ1) is 12.5. The summed E-state index contributed by atoms with van der Waals surface area (Å²) < 4.78 is 5.71. The minimum absolute atomic E-state index is 0.0380. The number of nitrogens with zero attached hydrogens (tertiary/aromatic N) is 1. The summed E-state index contributed by atoms with van der Waals surface area (Å²) in [7, 11) is 3.88. The first-order chi connectivity index (χ1) is 9.01. The van der Waals surface area contributed by atoms with Crippen LogP contribution in [0.2, 0.25) is 5.02 Å². The molecule has 2 aliphatic rings. The van der Waals surface area contributed by atoms with Crippen molar-refractivity contribution in [1.82, 2.24) is 4.90 Å². The molecule has 1 aromatic rings. The molecule has 0 saturated carbocycles. The minimum Gasteiger partial charge on any atom is -0.383 e. The Morgan fingerprint density at radius 1 is 1.47 bits per heavy atom. The number of hydrogen-bond donors (Lipinski definition) is 1. The summed E-state index contributed by atoms with van der Waals surface area (Å²) in [5.41, 5.74) is 2.26. The van der Waals surface area contributed by atoms with Gasteiger partial charge < -0.3 is 15.0 Å². The molecule has 0 bridgehead atoms. The standard InChI is InChI=1S/C14H15ClN2O2/c1-17(2)7-9-5-13(18)16-12-6-10(15)3-4-11(12)14(9)8-19-14/h3-4,6-7H,5,8H2,1-2H3,(H,16,18)/b9-7+. The van der Waals surface area contributed by atoms with Crippen molar-refractivity contribution < 1.29 is 9.53 Å². The SMILES string of the molecule is CN(C)/C=C1\CC(=O)Nc2cc(Cl)ccc2C12CO2. The van der Waals surface area contributed by atoms with Gasteiger partial charge in [0.2, 0.25) is 5.91 Å². The number of amides is 1. The van der Waals surface area contributed by atoms with Crippen LogP contribution in [-0.4, -0.2) is 31.5 Å². The number of fused-ring (bicyclic) bond motifs is 2. The number of epoxide rings is 1. The van der Waals surface area contributed by atoms with E-state index in [0.29, 0.717) is 18.1 Å². The number of carbonyl (C=O) groups is 1. The molecule has 2 aliphatic heterocycles. The Balaban J connectivity index is 2.15. The maximum atomic E-state index is 12.0. The number of hydrogen-bond acceptors (Lipinski definition) is 3. The molecule has 3 rings (SSSR count). The third-order valence-electron chi connectivity index (χ3n) is 3.41. The molecule has 100 valence electrons. The van der Waals surface area contributed by atoms with E-state index in [1.165, 1.54) is 0 Å². The van der Waals surface area contributed by atoms with Gasteiger partial charge in [-0.15, -0.1) is 0 Å². The third kappa shape index (κ3) is 2.11. The van der Waals surface area contributed by atoms with Crippen molar-refractivity contribution in [3.05, 3.63) is 40.6 Å². The van der Waals surface area contributed by atoms with E-state index in [0.717, 1.165) is 16.8 Å². The minimum atomic E-state index is -0.455. The second kappa shape index (κ2) is 4.25. The summed E-state index contributed by atoms with van der Waals surface area (Å²) in [6.07, 6.45) is 2.31. The highest BCUT2D eigenvalue weighted by Crippen LogP contribution is 2.51. The smallest absolute Gasteiger partial charge is 0.228 e. The predicted octanol–water partition coefficient (Wildman–Crippen LogP) is 2.35. The van der Waals surface area contributed by atoms with Crippen LogP contribution in [0.4, 0.5) is 5.69 Å². The first-order valence-corrected chi connectivity index (χ1v) is 6.50. The summed E-state index contributed by atoms with van der Waals surface area (Å²) >= 11 is 6.00. The molecule has 0 aromatic heterocycles. The van der Waals surface area contributed by atoms with E-state index in [2.05, 4.69) is 5.32 Å². The lowest BCUT2D eigenvalue weighted by atomic mass is 9.90. The monoisotopic (exact) mass is 278 g/mol. The molecular formula is C14H15ClN2O2. The van der Waals surface area contributed by atoms with Crippen molar-refractivity contribution in [1.29, 1.82) is 0 Å². The number of halogens is 1. The Hall–Kier alpha value is -1.52. The average molecular weight is 279 g/mol. The van der Waals surface area contributed by atoms with Crippen LogP contribution in [0.5, 0.6) is 0 Å². The second-order valence-corrected chi connectivity index (χ2v) is 5.58. The number of benzene rings is 1. The van der Waals surface area contributed by atoms with Gasteiger partial charge in [-0.05, 0) is 17.7 Å². The zero-order valence-electron chi connectivity index (χ0n) is 10.9. The molecule has 1 fully saturated rings. The predicted molar refractivity (Wildman–Crippen MR) is 74.1 cm³/mol. The van der Waals surface area contributed by atoms with E-state index in [-0.39, 0.29) is 5.91 Å². The van der Waals surface area contributed by atoms with E-state index in [1.807, 2.05) is 37.3 Å². The lowest BCUT2D eigenvalue weighted by Gasteiger charge is -2.17. The normalized spacial score (nSPS) is 26.9. The number of carbonyl (C=O) groups excluding carboxylic acids is 1. The topological polar surface area (TPSA) is 44.9 Å². The highest BCUT2D eigenvalue weighted by Gasteiger charge is 2.53. The molecule has 1 unspecified atom stereocenters. The lowest BCUT2D eigenvalue weighted by molar-refractivity contribution is -0.115. The highest BCUT2D eigenvalue weighted by atomic mass is 35.5. The molecule has 0 aliphatic carbocycles. The number of rotatable bonds is 1. The van der Waals surface area contributed by atoms with E-state index in [4.69, 9.17) is 16.3 Å². The van der Waals surface area contributed by atoms with Crippen LogP contribution in [0.1, 0.15) is 12.0 Å². The summed E-state index contributed by atoms with van der Waals surface area (Å²) in [6.45, 7) is 0.607. The molecule has 1 atom stereocenters. The molecule has 5 heteroatoms. The second-order valence-electron chi connectivity index (χ2n) is 5.15. The third-order valence-corrected chi connectivity index (χ3v) is 3.64. The zero-order valence-corrected chi connectivity index (χ0v) is 11.6. The van der Waals surface area contributed by atoms with Gasteiger partial charge in [-0.2, -0.15) is 0 Å². The molecule has 19 heavy (non-hydrogen) atoms. The van der Waals surface area contributed by atoms with Crippen molar-refractivity contribution in [3.8, 4) is 0 Å². The van der Waals surface area contributed by atoms with E-state index in [9.17, 15) is 4.79 Å². The molecule has 1 amide bonds. The molecular weight excluding hydrogens is 264 g/mol. The summed E-state index contributed by atoms with van der Waals surface area (Å²) in [5.74, 6) is -0.0380. The Bertz CT molecular complexity index is 577. The summed E-state index contributed by atoms with van der Waals surface area (Å²) in [4.78, 5) is 13.9. The van der Waals surface area contributed by atoms with Crippen LogP contribution in [0, 0.1) is 0 Å². The molecule has 1 spiro atoms. The molecule has 2 heterocycles. The Morgan fingerprint density at radius 3 is 2.84 bits per heavy atom. The fourth-order valence-corrected chi connectivity index (χ4v) is 2.70. The lowest BCUT2D eigenvalue weighted by Crippen LogP contribution is -2.16. The quantitative estimate of drug-likeness (QED) is 0.802. The van der Waals surface area contributed by atoms with Crippen molar-refractivity contribution in [2.75, 3.05) is 26.0 Å². The molecule has 0 radical (unpaired) electrons. The van der Waals surface area contributed by atoms with E-state index < -0.39 is 5.60 Å². The Morgan fingerprint density at radius 2 is 2.21 bits per heavy atom. The van der Waals surface area contributed by atoms with Crippen molar-refractivity contribution in [2.45, 2.75) is 12.0 Å². The van der Waals surface area contributed by atoms with Gasteiger partial charge in [0.05, 0.1) is 13.0 Å². The highest BCUT2D eigenvalue weighted by molar-refractivity contribution is 6.31. The maximum Gasteiger partial charge on any atom is 0.228 e. The molecule has 1 saturated heterocycles. The van der Waals surface area contributed by atoms with Crippen LogP contribution in [0.25, 0.3) is 0 Å². The number of anilines is 1. The van der Waals surface area contributed by atoms with E-state index >= 15 is 0 Å². The van der Waals surface area contributed by atoms with Crippen LogP contribution in [0.3, 0.4) is 0 Å². The average Bonchev–Trinajstić information content (AvgIpc) is 3.09. The van der Waals surface area contributed by atoms with E-state index in [1.54, 1.807) is 6.07 Å². The molecule has 1 aromatic carbocycles. The van der Waals surface area contributed by atoms with Crippen LogP contribution in [0.15, 0.2) is 30.0 Å². The van der Waals surface area contributed by atoms with Crippen LogP contribution < -0.4 is 5.32 Å². The zero-order chi connectivity index (χ0) is 13.6.